The number of benzene rings is 1. The number of aliphatic hydroxyl groups is 1. The topological polar surface area (TPSA) is 166 Å². The van der Waals surface area contributed by atoms with Gasteiger partial charge in [-0.2, -0.15) is 0 Å². The zero-order valence-electron chi connectivity index (χ0n) is 25.2. The summed E-state index contributed by atoms with van der Waals surface area (Å²) in [7, 11) is 0. The third-order valence-corrected chi connectivity index (χ3v) is 7.01. The minimum atomic E-state index is -1.37. The largest absolute Gasteiger partial charge is 0.391 e. The van der Waals surface area contributed by atoms with E-state index in [2.05, 4.69) is 21.3 Å². The fourth-order valence-electron chi connectivity index (χ4n) is 4.46. The maximum Gasteiger partial charge on any atom is 0.245 e. The Hall–Kier alpha value is -3.31. The number of ether oxygens (including phenoxy) is 1. The van der Waals surface area contributed by atoms with E-state index in [1.807, 2.05) is 44.2 Å². The number of amides is 4. The first-order valence-corrected chi connectivity index (χ1v) is 14.2. The van der Waals surface area contributed by atoms with Crippen molar-refractivity contribution in [2.24, 2.45) is 11.8 Å². The van der Waals surface area contributed by atoms with Gasteiger partial charge in [0.05, 0.1) is 18.8 Å². The Kier molecular flexibility index (Phi) is 12.5. The lowest BCUT2D eigenvalue weighted by atomic mass is 9.92. The lowest BCUT2D eigenvalue weighted by Gasteiger charge is -2.29. The molecule has 41 heavy (non-hydrogen) atoms. The van der Waals surface area contributed by atoms with E-state index >= 15 is 0 Å². The molecule has 5 N–H and O–H groups in total. The van der Waals surface area contributed by atoms with Gasteiger partial charge in [-0.1, -0.05) is 58.0 Å². The summed E-state index contributed by atoms with van der Waals surface area (Å²) in [6, 6.07) is 5.35. The smallest absolute Gasteiger partial charge is 0.245 e. The minimum absolute atomic E-state index is 0.00404. The first-order valence-electron chi connectivity index (χ1n) is 14.2. The maximum atomic E-state index is 13.4. The minimum Gasteiger partial charge on any atom is -0.391 e. The van der Waals surface area contributed by atoms with E-state index in [9.17, 15) is 29.1 Å². The van der Waals surface area contributed by atoms with Gasteiger partial charge in [-0.25, -0.2) is 0 Å². The molecule has 0 unspecified atom stereocenters. The molecule has 1 heterocycles. The molecule has 1 aromatic carbocycles. The zero-order valence-corrected chi connectivity index (χ0v) is 25.2. The van der Waals surface area contributed by atoms with Crippen LogP contribution < -0.4 is 21.3 Å². The summed E-state index contributed by atoms with van der Waals surface area (Å²) >= 11 is 0. The lowest BCUT2D eigenvalue weighted by molar-refractivity contribution is -0.137. The fraction of sp³-hybridized carbons (Fsp3) is 0.633. The zero-order chi connectivity index (χ0) is 30.9. The van der Waals surface area contributed by atoms with Crippen molar-refractivity contribution in [2.45, 2.75) is 104 Å². The summed E-state index contributed by atoms with van der Waals surface area (Å²) in [5.74, 6) is -2.84. The van der Waals surface area contributed by atoms with Gasteiger partial charge in [0, 0.05) is 6.92 Å². The average molecular weight is 575 g/mol. The summed E-state index contributed by atoms with van der Waals surface area (Å²) in [6.45, 7) is 11.9. The molecule has 1 aliphatic rings. The molecule has 1 aromatic rings. The second-order valence-corrected chi connectivity index (χ2v) is 11.8. The normalized spacial score (nSPS) is 19.9. The summed E-state index contributed by atoms with van der Waals surface area (Å²) in [4.78, 5) is 64.6. The van der Waals surface area contributed by atoms with Crippen molar-refractivity contribution in [3.05, 3.63) is 35.9 Å². The Labute approximate surface area is 242 Å². The van der Waals surface area contributed by atoms with Crippen LogP contribution in [0.3, 0.4) is 0 Å². The van der Waals surface area contributed by atoms with Crippen molar-refractivity contribution in [1.29, 1.82) is 0 Å². The molecule has 11 nitrogen and oxygen atoms in total. The molecule has 0 saturated carbocycles. The maximum absolute atomic E-state index is 13.4. The molecule has 0 aliphatic carbocycles. The van der Waals surface area contributed by atoms with Gasteiger partial charge >= 0.3 is 0 Å². The van der Waals surface area contributed by atoms with Gasteiger partial charge in [0.15, 0.2) is 5.78 Å². The van der Waals surface area contributed by atoms with Crippen LogP contribution in [0.1, 0.15) is 66.9 Å². The van der Waals surface area contributed by atoms with E-state index in [1.165, 1.54) is 13.8 Å². The molecule has 0 radical (unpaired) electrons. The van der Waals surface area contributed by atoms with E-state index in [-0.39, 0.29) is 36.6 Å². The number of aliphatic hydroxyl groups excluding tert-OH is 1. The predicted molar refractivity (Wildman–Crippen MR) is 153 cm³/mol. The molecule has 11 heteroatoms. The predicted octanol–water partition coefficient (Wildman–Crippen LogP) is 1.02. The molecule has 1 saturated heterocycles. The number of epoxide rings is 1. The van der Waals surface area contributed by atoms with Crippen molar-refractivity contribution in [2.75, 3.05) is 6.61 Å². The third kappa shape index (κ3) is 10.6. The highest BCUT2D eigenvalue weighted by Crippen LogP contribution is 2.29. The van der Waals surface area contributed by atoms with Crippen molar-refractivity contribution in [3.63, 3.8) is 0 Å². The third-order valence-electron chi connectivity index (χ3n) is 7.01. The highest BCUT2D eigenvalue weighted by molar-refractivity contribution is 5.99. The van der Waals surface area contributed by atoms with E-state index < -0.39 is 53.6 Å². The molecular formula is C30H46N4O7. The van der Waals surface area contributed by atoms with Gasteiger partial charge in [0.2, 0.25) is 23.6 Å². The Morgan fingerprint density at radius 2 is 1.41 bits per heavy atom. The Morgan fingerprint density at radius 3 is 1.90 bits per heavy atom. The quantitative estimate of drug-likeness (QED) is 0.184. The van der Waals surface area contributed by atoms with Crippen molar-refractivity contribution < 1.29 is 33.8 Å². The molecule has 1 fully saturated rings. The van der Waals surface area contributed by atoms with Crippen molar-refractivity contribution in [1.82, 2.24) is 21.3 Å². The number of carbonyl (C=O) groups is 5. The number of aryl methyl sites for hydroxylation is 1. The number of hydrogen-bond acceptors (Lipinski definition) is 7. The molecule has 0 spiro atoms. The summed E-state index contributed by atoms with van der Waals surface area (Å²) in [6.07, 6.45) is -0.190. The molecule has 2 rings (SSSR count). The molecule has 0 aromatic heterocycles. The first kappa shape index (κ1) is 33.9. The summed E-state index contributed by atoms with van der Waals surface area (Å²) < 4.78 is 5.25. The van der Waals surface area contributed by atoms with E-state index in [0.29, 0.717) is 12.8 Å². The van der Waals surface area contributed by atoms with Crippen LogP contribution in [0, 0.1) is 11.8 Å². The van der Waals surface area contributed by atoms with Crippen LogP contribution in [-0.4, -0.2) is 77.0 Å². The van der Waals surface area contributed by atoms with Crippen molar-refractivity contribution in [3.8, 4) is 0 Å². The van der Waals surface area contributed by atoms with Crippen LogP contribution in [0.5, 0.6) is 0 Å². The van der Waals surface area contributed by atoms with Gasteiger partial charge < -0.3 is 31.1 Å². The number of Topliss-reactive ketones (excluding diaryl/α,β-unsaturated/α-hetero) is 1. The monoisotopic (exact) mass is 574 g/mol. The van der Waals surface area contributed by atoms with Gasteiger partial charge in [-0.05, 0) is 50.5 Å². The fourth-order valence-corrected chi connectivity index (χ4v) is 4.46. The highest BCUT2D eigenvalue weighted by atomic mass is 16.6. The Balaban J connectivity index is 2.15. The highest BCUT2D eigenvalue weighted by Gasteiger charge is 2.51. The molecule has 4 amide bonds. The number of hydrogen-bond donors (Lipinski definition) is 5. The second kappa shape index (κ2) is 15.1. The summed E-state index contributed by atoms with van der Waals surface area (Å²) in [5, 5.41) is 21.0. The summed E-state index contributed by atoms with van der Waals surface area (Å²) in [5.41, 5.74) is 0.0435. The lowest BCUT2D eigenvalue weighted by Crippen LogP contribution is -2.61. The van der Waals surface area contributed by atoms with Crippen LogP contribution >= 0.6 is 0 Å². The standard InChI is InChI=1S/C30H46N4O7/c1-17(2)15-23(32-27(38)22(31-20(6)36)14-13-21-11-9-8-10-12-21)28(39)34-25(19(5)35)29(40)33-24(18(3)4)26(37)30(7)16-41-30/h8-12,17-19,22-25,35H,13-16H2,1-7H3,(H,31,36)(H,32,38)(H,33,40)(H,34,39)/t19-,22+,23+,24+,25+,30-/m1/s1. The van der Waals surface area contributed by atoms with Crippen LogP contribution in [0.15, 0.2) is 30.3 Å². The number of ketones is 1. The second-order valence-electron chi connectivity index (χ2n) is 11.8. The van der Waals surface area contributed by atoms with Crippen LogP contribution in [0.25, 0.3) is 0 Å². The van der Waals surface area contributed by atoms with E-state index in [4.69, 9.17) is 4.74 Å². The van der Waals surface area contributed by atoms with Crippen LogP contribution in [-0.2, 0) is 35.1 Å². The van der Waals surface area contributed by atoms with Crippen molar-refractivity contribution >= 4 is 29.4 Å². The van der Waals surface area contributed by atoms with Gasteiger partial charge in [0.25, 0.3) is 0 Å². The molecule has 6 atom stereocenters. The number of rotatable bonds is 16. The molecule has 228 valence electrons. The van der Waals surface area contributed by atoms with Crippen LogP contribution in [0.2, 0.25) is 0 Å². The Morgan fingerprint density at radius 1 is 0.854 bits per heavy atom. The average Bonchev–Trinajstić information content (AvgIpc) is 3.65. The van der Waals surface area contributed by atoms with Crippen LogP contribution in [0.4, 0.5) is 0 Å². The SMILES string of the molecule is CC(=O)N[C@@H](CCc1ccccc1)C(=O)N[C@@H](CC(C)C)C(=O)N[C@H](C(=O)N[C@H](C(=O)[C@@]1(C)CO1)C(C)C)[C@@H](C)O. The van der Waals surface area contributed by atoms with Gasteiger partial charge in [-0.15, -0.1) is 0 Å². The number of carbonyl (C=O) groups excluding carboxylic acids is 5. The Bertz CT molecular complexity index is 1070. The first-order chi connectivity index (χ1) is 19.1. The molecular weight excluding hydrogens is 528 g/mol. The van der Waals surface area contributed by atoms with E-state index in [0.717, 1.165) is 5.56 Å². The van der Waals surface area contributed by atoms with E-state index in [1.54, 1.807) is 20.8 Å². The number of nitrogens with one attached hydrogen (secondary N) is 4. The van der Waals surface area contributed by atoms with Gasteiger partial charge in [0.1, 0.15) is 23.7 Å². The molecule has 1 aliphatic heterocycles. The van der Waals surface area contributed by atoms with Gasteiger partial charge in [-0.3, -0.25) is 24.0 Å². The molecule has 0 bridgehead atoms.